The Hall–Kier alpha value is -8.08. The second-order valence-corrected chi connectivity index (χ2v) is 28.7. The van der Waals surface area contributed by atoms with Crippen molar-refractivity contribution in [1.29, 1.82) is 0 Å². The first-order valence-electron chi connectivity index (χ1n) is 40.8. The van der Waals surface area contributed by atoms with Gasteiger partial charge in [-0.15, -0.1) is 0 Å². The van der Waals surface area contributed by atoms with Crippen LogP contribution >= 0.6 is 0 Å². The molecule has 0 aliphatic carbocycles. The second-order valence-electron chi connectivity index (χ2n) is 28.7. The summed E-state index contributed by atoms with van der Waals surface area (Å²) in [5.74, 6) is 2.13. The highest BCUT2D eigenvalue weighted by Gasteiger charge is 2.16. The van der Waals surface area contributed by atoms with Gasteiger partial charge in [-0.25, -0.2) is 19.2 Å². The lowest BCUT2D eigenvalue weighted by Crippen LogP contribution is -2.12. The molecule has 594 valence electrons. The topological polar surface area (TPSA) is 203 Å². The van der Waals surface area contributed by atoms with Crippen LogP contribution < -0.4 is 33.7 Å². The van der Waals surface area contributed by atoms with E-state index in [1.807, 2.05) is 42.5 Å². The molecule has 17 heteroatoms. The third kappa shape index (κ3) is 46.0. The Kier molecular flexibility index (Phi) is 51.1. The summed E-state index contributed by atoms with van der Waals surface area (Å²) in [6.45, 7) is 25.8. The van der Waals surface area contributed by atoms with Crippen molar-refractivity contribution >= 4 is 35.5 Å². The van der Waals surface area contributed by atoms with Crippen LogP contribution in [0.1, 0.15) is 306 Å². The number of esters is 4. The minimum absolute atomic E-state index is 0.195. The van der Waals surface area contributed by atoms with Crippen LogP contribution in [0, 0.1) is 0 Å². The van der Waals surface area contributed by atoms with Gasteiger partial charge in [-0.1, -0.05) is 244 Å². The Morgan fingerprint density at radius 1 is 0.290 bits per heavy atom. The summed E-state index contributed by atoms with van der Waals surface area (Å²) in [4.78, 5) is 64.6. The van der Waals surface area contributed by atoms with E-state index in [1.54, 1.807) is 64.4 Å². The molecular formula is C90H134N2O15. The maximum atomic E-state index is 14.0. The predicted octanol–water partition coefficient (Wildman–Crippen LogP) is 23.1. The van der Waals surface area contributed by atoms with Crippen LogP contribution in [0.3, 0.4) is 0 Å². The zero-order valence-electron chi connectivity index (χ0n) is 66.3. The number of nitrogens with one attached hydrogen (secondary N) is 1. The molecule has 107 heavy (non-hydrogen) atoms. The summed E-state index contributed by atoms with van der Waals surface area (Å²) in [5.41, 5.74) is 4.50. The number of unbranched alkanes of at least 4 members (excludes halogenated alkanes) is 36. The van der Waals surface area contributed by atoms with Gasteiger partial charge in [0.1, 0.15) is 24.7 Å². The molecule has 0 fully saturated rings. The number of benzene rings is 3. The van der Waals surface area contributed by atoms with Gasteiger partial charge in [0.15, 0.2) is 23.0 Å². The van der Waals surface area contributed by atoms with Crippen molar-refractivity contribution in [1.82, 2.24) is 4.98 Å². The monoisotopic (exact) mass is 1480 g/mol. The van der Waals surface area contributed by atoms with Crippen LogP contribution in [0.2, 0.25) is 0 Å². The van der Waals surface area contributed by atoms with Crippen LogP contribution in [-0.4, -0.2) is 87.6 Å². The highest BCUT2D eigenvalue weighted by molar-refractivity contribution is 6.04. The highest BCUT2D eigenvalue weighted by Crippen LogP contribution is 2.34. The van der Waals surface area contributed by atoms with Gasteiger partial charge in [-0.05, 0) is 139 Å². The molecule has 0 saturated heterocycles. The highest BCUT2D eigenvalue weighted by atomic mass is 16.6. The Labute approximate surface area is 643 Å². The zero-order chi connectivity index (χ0) is 77.0. The standard InChI is InChI=1S/C90H134N2O15/c1-72(2)87(94)102-61-45-37-29-21-13-9-17-25-33-41-57-98-82-51-49-76(65-84(82)100-59-43-35-27-19-11-15-23-31-39-47-63-104-89(96)74(5)6)70-106-80-67-78(86(93)92-79-53-55-91-56-54-79)68-81(69-80)107-71-77-50-52-83(99-58-42-34-26-18-10-14-22-30-38-46-62-103-88(95)73(3)4)85(66-77)101-60-44-36-28-20-12-16-24-32-40-48-64-105-90(97)75(7)8/h49-56,65-69H,1,3,5,7,9-48,57-64,70-71H2,2,4,6,8H3,(H,91,92,93). The minimum Gasteiger partial charge on any atom is -0.490 e. The molecule has 0 aliphatic rings. The smallest absolute Gasteiger partial charge is 0.333 e. The van der Waals surface area contributed by atoms with Crippen molar-refractivity contribution in [3.63, 3.8) is 0 Å². The summed E-state index contributed by atoms with van der Waals surface area (Å²) < 4.78 is 59.9. The molecule has 1 heterocycles. The fourth-order valence-corrected chi connectivity index (χ4v) is 11.9. The molecule has 0 spiro atoms. The Balaban J connectivity index is 1.37. The Morgan fingerprint density at radius 3 is 0.794 bits per heavy atom. The number of pyridine rings is 1. The number of amides is 1. The van der Waals surface area contributed by atoms with Crippen molar-refractivity contribution < 1.29 is 71.3 Å². The second kappa shape index (κ2) is 59.9. The fraction of sp³-hybridized carbons (Fsp3) is 0.600. The largest absolute Gasteiger partial charge is 0.490 e. The van der Waals surface area contributed by atoms with Gasteiger partial charge in [-0.3, -0.25) is 9.78 Å². The average Bonchev–Trinajstić information content (AvgIpc) is 0.840. The first-order chi connectivity index (χ1) is 52.1. The fourth-order valence-electron chi connectivity index (χ4n) is 11.9. The molecule has 0 atom stereocenters. The number of anilines is 1. The Morgan fingerprint density at radius 2 is 0.533 bits per heavy atom. The molecule has 4 aromatic rings. The lowest BCUT2D eigenvalue weighted by atomic mass is 10.1. The molecular weight excluding hydrogens is 1350 g/mol. The quantitative estimate of drug-likeness (QED) is 0.0189. The van der Waals surface area contributed by atoms with Crippen molar-refractivity contribution in [2.45, 2.75) is 298 Å². The van der Waals surface area contributed by atoms with E-state index in [0.717, 1.165) is 165 Å². The predicted molar refractivity (Wildman–Crippen MR) is 430 cm³/mol. The van der Waals surface area contributed by atoms with Crippen LogP contribution in [0.25, 0.3) is 0 Å². The first-order valence-corrected chi connectivity index (χ1v) is 40.8. The third-order valence-corrected chi connectivity index (χ3v) is 18.4. The van der Waals surface area contributed by atoms with Crippen LogP contribution in [-0.2, 0) is 51.3 Å². The van der Waals surface area contributed by atoms with E-state index in [1.165, 1.54) is 103 Å². The maximum absolute atomic E-state index is 14.0. The molecule has 0 radical (unpaired) electrons. The van der Waals surface area contributed by atoms with E-state index in [4.69, 9.17) is 47.4 Å². The summed E-state index contributed by atoms with van der Waals surface area (Å²) in [5, 5.41) is 3.00. The van der Waals surface area contributed by atoms with Gasteiger partial charge < -0.3 is 52.7 Å². The minimum atomic E-state index is -0.325. The number of carbonyl (C=O) groups excluding carboxylic acids is 5. The SMILES string of the molecule is C=C(C)C(=O)OCCCCCCCCCCCCOc1ccc(COc2cc(OCc3ccc(OCCCCCCCCCCCCOC(=O)C(=C)C)c(OCCCCCCCCCCCCOC(=O)C(=C)C)c3)cc(C(=O)Nc3ccncc3)c2)cc1OCCCCCCCCCCCCOC(=O)C(=C)C. The number of hydrogen-bond donors (Lipinski definition) is 1. The van der Waals surface area contributed by atoms with E-state index < -0.39 is 0 Å². The molecule has 1 aromatic heterocycles. The van der Waals surface area contributed by atoms with Gasteiger partial charge in [0.2, 0.25) is 0 Å². The molecule has 3 aromatic carbocycles. The van der Waals surface area contributed by atoms with Gasteiger partial charge in [0.25, 0.3) is 5.91 Å². The van der Waals surface area contributed by atoms with Gasteiger partial charge in [0.05, 0.1) is 52.9 Å². The van der Waals surface area contributed by atoms with Crippen molar-refractivity contribution in [2.75, 3.05) is 58.2 Å². The van der Waals surface area contributed by atoms with Gasteiger partial charge in [-0.2, -0.15) is 0 Å². The van der Waals surface area contributed by atoms with Crippen molar-refractivity contribution in [3.05, 3.63) is 144 Å². The van der Waals surface area contributed by atoms with Crippen LogP contribution in [0.15, 0.2) is 128 Å². The number of hydrogen-bond acceptors (Lipinski definition) is 16. The van der Waals surface area contributed by atoms with Crippen molar-refractivity contribution in [2.24, 2.45) is 0 Å². The van der Waals surface area contributed by atoms with Gasteiger partial charge in [0, 0.05) is 52.0 Å². The molecule has 0 saturated carbocycles. The summed E-state index contributed by atoms with van der Waals surface area (Å²) in [6, 6.07) is 20.7. The number of rotatable bonds is 68. The van der Waals surface area contributed by atoms with E-state index in [-0.39, 0.29) is 43.0 Å². The van der Waals surface area contributed by atoms with Crippen molar-refractivity contribution in [3.8, 4) is 34.5 Å². The molecule has 0 unspecified atom stereocenters. The van der Waals surface area contributed by atoms with E-state index in [0.29, 0.717) is 121 Å². The van der Waals surface area contributed by atoms with Gasteiger partial charge >= 0.3 is 23.9 Å². The molecule has 1 amide bonds. The lowest BCUT2D eigenvalue weighted by Gasteiger charge is -2.16. The summed E-state index contributed by atoms with van der Waals surface area (Å²) >= 11 is 0. The number of nitrogens with zero attached hydrogens (tertiary/aromatic N) is 1. The summed E-state index contributed by atoms with van der Waals surface area (Å²) in [6.07, 6.45) is 47.5. The van der Waals surface area contributed by atoms with E-state index >= 15 is 0 Å². The average molecular weight is 1480 g/mol. The molecule has 1 N–H and O–H groups in total. The lowest BCUT2D eigenvalue weighted by molar-refractivity contribution is -0.139. The van der Waals surface area contributed by atoms with E-state index in [2.05, 4.69) is 36.6 Å². The third-order valence-electron chi connectivity index (χ3n) is 18.4. The maximum Gasteiger partial charge on any atom is 0.333 e. The molecule has 0 aliphatic heterocycles. The number of aromatic nitrogens is 1. The Bertz CT molecular complexity index is 2980. The molecule has 17 nitrogen and oxygen atoms in total. The zero-order valence-corrected chi connectivity index (χ0v) is 66.3. The van der Waals surface area contributed by atoms with E-state index in [9.17, 15) is 24.0 Å². The normalized spacial score (nSPS) is 11.0. The van der Waals surface area contributed by atoms with Crippen LogP contribution in [0.5, 0.6) is 34.5 Å². The molecule has 0 bridgehead atoms. The first kappa shape index (κ1) is 91.3. The number of carbonyl (C=O) groups is 5. The number of ether oxygens (including phenoxy) is 10. The summed E-state index contributed by atoms with van der Waals surface area (Å²) in [7, 11) is 0. The molecule has 4 rings (SSSR count). The van der Waals surface area contributed by atoms with Crippen LogP contribution in [0.4, 0.5) is 5.69 Å².